The van der Waals surface area contributed by atoms with Crippen molar-refractivity contribution in [1.29, 1.82) is 0 Å². The highest BCUT2D eigenvalue weighted by Gasteiger charge is 2.17. The van der Waals surface area contributed by atoms with E-state index in [2.05, 4.69) is 9.89 Å². The summed E-state index contributed by atoms with van der Waals surface area (Å²) in [5.41, 5.74) is 6.05. The maximum Gasteiger partial charge on any atom is 0.338 e. The first-order chi connectivity index (χ1) is 9.11. The van der Waals surface area contributed by atoms with Crippen molar-refractivity contribution in [3.8, 4) is 5.75 Å². The maximum absolute atomic E-state index is 11.2. The lowest BCUT2D eigenvalue weighted by atomic mass is 10.2. The second-order valence-electron chi connectivity index (χ2n) is 3.80. The molecule has 0 aliphatic carbocycles. The second kappa shape index (κ2) is 5.57. The zero-order valence-electron chi connectivity index (χ0n) is 10.3. The smallest absolute Gasteiger partial charge is 0.338 e. The van der Waals surface area contributed by atoms with E-state index < -0.39 is 12.1 Å². The van der Waals surface area contributed by atoms with Gasteiger partial charge in [0.05, 0.1) is 12.0 Å². The number of esters is 1. The Morgan fingerprint density at radius 2 is 2.37 bits per heavy atom. The molecule has 1 aromatic carbocycles. The molecule has 0 bridgehead atoms. The predicted molar refractivity (Wildman–Crippen MR) is 66.6 cm³/mol. The van der Waals surface area contributed by atoms with E-state index in [-0.39, 0.29) is 13.2 Å². The minimum atomic E-state index is -1.32. The second-order valence-corrected chi connectivity index (χ2v) is 3.80. The van der Waals surface area contributed by atoms with E-state index >= 15 is 0 Å². The lowest BCUT2D eigenvalue weighted by Gasteiger charge is -2.11. The number of fused-ring (bicyclic) bond motifs is 1. The molecule has 0 radical (unpaired) electrons. The maximum atomic E-state index is 11.2. The highest BCUT2D eigenvalue weighted by molar-refractivity contribution is 5.87. The summed E-state index contributed by atoms with van der Waals surface area (Å²) in [5.74, 6) is 0.0209. The van der Waals surface area contributed by atoms with Crippen LogP contribution in [-0.2, 0) is 9.53 Å². The van der Waals surface area contributed by atoms with Crippen LogP contribution in [0.15, 0.2) is 22.7 Å². The number of aromatic nitrogens is 1. The van der Waals surface area contributed by atoms with Gasteiger partial charge in [-0.25, -0.2) is 4.79 Å². The average Bonchev–Trinajstić information content (AvgIpc) is 2.77. The zero-order chi connectivity index (χ0) is 13.8. The van der Waals surface area contributed by atoms with Crippen LogP contribution in [0.3, 0.4) is 0 Å². The van der Waals surface area contributed by atoms with Crippen molar-refractivity contribution in [3.05, 3.63) is 18.2 Å². The van der Waals surface area contributed by atoms with Gasteiger partial charge in [-0.1, -0.05) is 5.16 Å². The summed E-state index contributed by atoms with van der Waals surface area (Å²) >= 11 is 0. The molecule has 0 aliphatic heterocycles. The molecule has 0 spiro atoms. The molecule has 1 unspecified atom stereocenters. The van der Waals surface area contributed by atoms with Crippen LogP contribution in [0.2, 0.25) is 0 Å². The number of ether oxygens (including phenoxy) is 2. The highest BCUT2D eigenvalue weighted by atomic mass is 16.6. The highest BCUT2D eigenvalue weighted by Crippen LogP contribution is 2.24. The number of anilines is 1. The molecule has 1 heterocycles. The lowest BCUT2D eigenvalue weighted by molar-refractivity contribution is -0.154. The van der Waals surface area contributed by atoms with Crippen LogP contribution in [0.1, 0.15) is 6.92 Å². The molecule has 19 heavy (non-hydrogen) atoms. The molecule has 2 aromatic rings. The van der Waals surface area contributed by atoms with E-state index in [1.54, 1.807) is 25.1 Å². The molecular formula is C12H14N2O5. The van der Waals surface area contributed by atoms with Gasteiger partial charge in [0.15, 0.2) is 17.5 Å². The van der Waals surface area contributed by atoms with Crippen molar-refractivity contribution in [2.45, 2.75) is 13.0 Å². The average molecular weight is 266 g/mol. The summed E-state index contributed by atoms with van der Waals surface area (Å²) < 4.78 is 14.9. The summed E-state index contributed by atoms with van der Waals surface area (Å²) in [7, 11) is 0. The lowest BCUT2D eigenvalue weighted by Crippen LogP contribution is -2.29. The largest absolute Gasteiger partial charge is 0.490 e. The Labute approximate surface area is 108 Å². The van der Waals surface area contributed by atoms with Gasteiger partial charge in [-0.15, -0.1) is 0 Å². The van der Waals surface area contributed by atoms with Crippen LogP contribution in [0.25, 0.3) is 11.0 Å². The van der Waals surface area contributed by atoms with Gasteiger partial charge < -0.3 is 24.8 Å². The van der Waals surface area contributed by atoms with Crippen LogP contribution in [0, 0.1) is 0 Å². The van der Waals surface area contributed by atoms with Crippen molar-refractivity contribution in [1.82, 2.24) is 5.16 Å². The number of nitrogen functional groups attached to an aromatic ring is 1. The summed E-state index contributed by atoms with van der Waals surface area (Å²) in [5, 5.41) is 13.8. The normalized spacial score (nSPS) is 12.3. The molecule has 1 atom stereocenters. The van der Waals surface area contributed by atoms with Crippen LogP contribution in [0.5, 0.6) is 5.75 Å². The number of carbonyl (C=O) groups is 1. The first kappa shape index (κ1) is 13.2. The summed E-state index contributed by atoms with van der Waals surface area (Å²) in [4.78, 5) is 11.2. The minimum Gasteiger partial charge on any atom is -0.490 e. The molecule has 0 amide bonds. The number of nitrogens with zero attached hydrogens (tertiary/aromatic N) is 1. The number of hydrogen-bond donors (Lipinski definition) is 2. The van der Waals surface area contributed by atoms with Crippen LogP contribution in [0.4, 0.5) is 5.82 Å². The summed E-state index contributed by atoms with van der Waals surface area (Å²) in [6, 6.07) is 4.91. The Hall–Kier alpha value is -2.28. The standard InChI is InChI=1S/C12H14N2O5/c1-2-17-12(16)9(15)6-18-7-3-4-8-10(5-7)19-14-11(8)13/h3-5,9,15H,2,6H2,1H3,(H2,13,14). The summed E-state index contributed by atoms with van der Waals surface area (Å²) in [6.45, 7) is 1.67. The van der Waals surface area contributed by atoms with Crippen molar-refractivity contribution in [3.63, 3.8) is 0 Å². The van der Waals surface area contributed by atoms with Crippen molar-refractivity contribution >= 4 is 22.8 Å². The SMILES string of the molecule is CCOC(=O)C(O)COc1ccc2c(N)noc2c1. The zero-order valence-corrected chi connectivity index (χ0v) is 10.3. The number of hydrogen-bond acceptors (Lipinski definition) is 7. The molecule has 1 aromatic heterocycles. The fraction of sp³-hybridized carbons (Fsp3) is 0.333. The first-order valence-electron chi connectivity index (χ1n) is 5.74. The Morgan fingerprint density at radius 3 is 3.11 bits per heavy atom. The van der Waals surface area contributed by atoms with E-state index in [1.165, 1.54) is 0 Å². The van der Waals surface area contributed by atoms with Gasteiger partial charge in [0.1, 0.15) is 12.4 Å². The molecule has 0 fully saturated rings. The van der Waals surface area contributed by atoms with E-state index in [0.29, 0.717) is 22.5 Å². The van der Waals surface area contributed by atoms with Gasteiger partial charge in [0.25, 0.3) is 0 Å². The number of benzene rings is 1. The molecule has 2 rings (SSSR count). The molecule has 102 valence electrons. The summed E-state index contributed by atoms with van der Waals surface area (Å²) in [6.07, 6.45) is -1.32. The third-order valence-corrected chi connectivity index (χ3v) is 2.44. The Balaban J connectivity index is 1.99. The molecule has 3 N–H and O–H groups in total. The molecule has 0 saturated heterocycles. The molecule has 0 saturated carbocycles. The van der Waals surface area contributed by atoms with Crippen molar-refractivity contribution < 1.29 is 23.9 Å². The van der Waals surface area contributed by atoms with Crippen LogP contribution in [-0.4, -0.2) is 35.6 Å². The fourth-order valence-corrected chi connectivity index (χ4v) is 1.51. The monoisotopic (exact) mass is 266 g/mol. The Kier molecular flexibility index (Phi) is 3.86. The number of rotatable bonds is 5. The van der Waals surface area contributed by atoms with Gasteiger partial charge in [0, 0.05) is 6.07 Å². The number of nitrogens with two attached hydrogens (primary N) is 1. The molecular weight excluding hydrogens is 252 g/mol. The topological polar surface area (TPSA) is 108 Å². The quantitative estimate of drug-likeness (QED) is 0.767. The fourth-order valence-electron chi connectivity index (χ4n) is 1.51. The first-order valence-corrected chi connectivity index (χ1v) is 5.74. The van der Waals surface area contributed by atoms with E-state index in [1.807, 2.05) is 0 Å². The van der Waals surface area contributed by atoms with Gasteiger partial charge in [-0.3, -0.25) is 0 Å². The van der Waals surface area contributed by atoms with Crippen molar-refractivity contribution in [2.75, 3.05) is 18.9 Å². The van der Waals surface area contributed by atoms with Crippen molar-refractivity contribution in [2.24, 2.45) is 0 Å². The number of carbonyl (C=O) groups excluding carboxylic acids is 1. The van der Waals surface area contributed by atoms with Gasteiger partial charge in [-0.05, 0) is 19.1 Å². The van der Waals surface area contributed by atoms with Gasteiger partial charge in [0.2, 0.25) is 0 Å². The van der Waals surface area contributed by atoms with E-state index in [4.69, 9.17) is 15.0 Å². The molecule has 7 nitrogen and oxygen atoms in total. The van der Waals surface area contributed by atoms with Crippen LogP contribution < -0.4 is 10.5 Å². The molecule has 0 aliphatic rings. The number of aliphatic hydroxyl groups excluding tert-OH is 1. The molecule has 7 heteroatoms. The van der Waals surface area contributed by atoms with Crippen LogP contribution >= 0.6 is 0 Å². The number of aliphatic hydroxyl groups is 1. The van der Waals surface area contributed by atoms with Gasteiger partial charge in [-0.2, -0.15) is 0 Å². The third kappa shape index (κ3) is 2.94. The van der Waals surface area contributed by atoms with E-state index in [9.17, 15) is 9.90 Å². The Bertz CT molecular complexity index is 581. The Morgan fingerprint density at radius 1 is 1.58 bits per heavy atom. The predicted octanol–water partition coefficient (Wildman–Crippen LogP) is 0.713. The van der Waals surface area contributed by atoms with Gasteiger partial charge >= 0.3 is 5.97 Å². The minimum absolute atomic E-state index is 0.200. The van der Waals surface area contributed by atoms with E-state index in [0.717, 1.165) is 0 Å². The third-order valence-electron chi connectivity index (χ3n) is 2.44.